The highest BCUT2D eigenvalue weighted by Crippen LogP contribution is 2.24. The first-order valence-corrected chi connectivity index (χ1v) is 11.7. The largest absolute Gasteiger partial charge is 0.492 e. The van der Waals surface area contributed by atoms with Crippen molar-refractivity contribution >= 4 is 50.3 Å². The third-order valence-electron chi connectivity index (χ3n) is 3.75. The van der Waals surface area contributed by atoms with Crippen LogP contribution < -0.4 is 4.74 Å². The van der Waals surface area contributed by atoms with Crippen LogP contribution in [-0.4, -0.2) is 44.5 Å². The van der Waals surface area contributed by atoms with E-state index in [2.05, 4.69) is 0 Å². The number of sulfonamides is 1. The second-order valence-electron chi connectivity index (χ2n) is 6.04. The van der Waals surface area contributed by atoms with Crippen LogP contribution in [0.5, 0.6) is 5.75 Å². The van der Waals surface area contributed by atoms with E-state index in [1.807, 2.05) is 6.07 Å². The van der Waals surface area contributed by atoms with Crippen molar-refractivity contribution in [3.8, 4) is 5.75 Å². The van der Waals surface area contributed by atoms with Gasteiger partial charge < -0.3 is 4.74 Å². The van der Waals surface area contributed by atoms with Gasteiger partial charge in [0.25, 0.3) is 0 Å². The second-order valence-corrected chi connectivity index (χ2v) is 10.1. The molecule has 0 saturated carbocycles. The van der Waals surface area contributed by atoms with Crippen LogP contribution in [0.3, 0.4) is 0 Å². The summed E-state index contributed by atoms with van der Waals surface area (Å²) >= 11 is 13.3. The Bertz CT molecular complexity index is 876. The fourth-order valence-corrected chi connectivity index (χ4v) is 4.77. The van der Waals surface area contributed by atoms with Crippen LogP contribution in [0.2, 0.25) is 10.0 Å². The minimum atomic E-state index is -3.35. The molecule has 2 aromatic rings. The van der Waals surface area contributed by atoms with Crippen molar-refractivity contribution in [1.29, 1.82) is 0 Å². The number of carbonyl (C=O) groups is 1. The molecular weight excluding hydrogens is 429 g/mol. The average Bonchev–Trinajstić information content (AvgIpc) is 3.00. The van der Waals surface area contributed by atoms with Gasteiger partial charge in [0.05, 0.1) is 11.1 Å². The molecule has 0 fully saturated rings. The van der Waals surface area contributed by atoms with Gasteiger partial charge in [0.2, 0.25) is 10.0 Å². The number of hydrogen-bond acceptors (Lipinski definition) is 5. The molecule has 0 unspecified atom stereocenters. The zero-order chi connectivity index (χ0) is 20.0. The molecule has 1 aromatic carbocycles. The van der Waals surface area contributed by atoms with Gasteiger partial charge in [-0.2, -0.15) is 4.31 Å². The van der Waals surface area contributed by atoms with Crippen LogP contribution in [-0.2, 0) is 16.4 Å². The Morgan fingerprint density at radius 2 is 1.81 bits per heavy atom. The molecule has 148 valence electrons. The van der Waals surface area contributed by atoms with E-state index < -0.39 is 10.0 Å². The lowest BCUT2D eigenvalue weighted by molar-refractivity contribution is 0.102. The number of thiophene rings is 1. The molecule has 0 saturated heterocycles. The number of benzene rings is 1. The quantitative estimate of drug-likeness (QED) is 0.499. The Labute approximate surface area is 173 Å². The molecule has 27 heavy (non-hydrogen) atoms. The number of Topliss-reactive ketones (excluding diaryl/α,β-unsaturated/α-hetero) is 1. The number of halogens is 2. The summed E-state index contributed by atoms with van der Waals surface area (Å²) in [6, 6.07) is 8.57. The molecular formula is C18H21Cl2NO4S2. The zero-order valence-corrected chi connectivity index (χ0v) is 18.2. The monoisotopic (exact) mass is 449 g/mol. The third kappa shape index (κ3) is 7.43. The molecule has 5 nitrogen and oxygen atoms in total. The minimum absolute atomic E-state index is 0.0438. The number of carbonyl (C=O) groups excluding carboxylic acids is 1. The summed E-state index contributed by atoms with van der Waals surface area (Å²) in [6.07, 6.45) is 2.56. The molecule has 0 N–H and O–H groups in total. The van der Waals surface area contributed by atoms with Crippen molar-refractivity contribution < 1.29 is 17.9 Å². The molecule has 1 heterocycles. The van der Waals surface area contributed by atoms with Gasteiger partial charge in [0, 0.05) is 28.0 Å². The van der Waals surface area contributed by atoms with Crippen LogP contribution in [0.15, 0.2) is 30.3 Å². The topological polar surface area (TPSA) is 63.7 Å². The van der Waals surface area contributed by atoms with Gasteiger partial charge in [-0.05, 0) is 50.1 Å². The number of aryl methyl sites for hydroxylation is 1. The van der Waals surface area contributed by atoms with Gasteiger partial charge in [0.1, 0.15) is 12.4 Å². The van der Waals surface area contributed by atoms with Crippen molar-refractivity contribution in [1.82, 2.24) is 4.31 Å². The first-order chi connectivity index (χ1) is 12.6. The van der Waals surface area contributed by atoms with Crippen LogP contribution in [0, 0.1) is 0 Å². The predicted octanol–water partition coefficient (Wildman–Crippen LogP) is 4.53. The number of hydrogen-bond donors (Lipinski definition) is 0. The zero-order valence-electron chi connectivity index (χ0n) is 15.1. The predicted molar refractivity (Wildman–Crippen MR) is 111 cm³/mol. The minimum Gasteiger partial charge on any atom is -0.492 e. The lowest BCUT2D eigenvalue weighted by atomic mass is 10.2. The van der Waals surface area contributed by atoms with Crippen LogP contribution in [0.25, 0.3) is 0 Å². The average molecular weight is 450 g/mol. The molecule has 0 atom stereocenters. The Morgan fingerprint density at radius 1 is 1.15 bits per heavy atom. The van der Waals surface area contributed by atoms with E-state index in [0.717, 1.165) is 9.75 Å². The molecule has 0 aliphatic heterocycles. The Morgan fingerprint density at radius 3 is 2.37 bits per heavy atom. The van der Waals surface area contributed by atoms with E-state index in [-0.39, 0.29) is 18.9 Å². The SMILES string of the molecule is CC(=O)c1ccc(CCCN(CCOc2cc(Cl)cc(Cl)c2)S(C)(=O)=O)s1. The fraction of sp³-hybridized carbons (Fsp3) is 0.389. The van der Waals surface area contributed by atoms with Crippen molar-refractivity contribution in [2.75, 3.05) is 26.0 Å². The molecule has 0 radical (unpaired) electrons. The van der Waals surface area contributed by atoms with E-state index in [0.29, 0.717) is 35.2 Å². The summed E-state index contributed by atoms with van der Waals surface area (Å²) in [6.45, 7) is 2.34. The number of ketones is 1. The fourth-order valence-electron chi connectivity index (χ4n) is 2.45. The van der Waals surface area contributed by atoms with Gasteiger partial charge in [0.15, 0.2) is 5.78 Å². The molecule has 1 aromatic heterocycles. The Balaban J connectivity index is 1.86. The molecule has 0 bridgehead atoms. The summed E-state index contributed by atoms with van der Waals surface area (Å²) in [7, 11) is -3.35. The molecule has 2 rings (SSSR count). The van der Waals surface area contributed by atoms with Crippen molar-refractivity contribution in [3.05, 3.63) is 50.1 Å². The third-order valence-corrected chi connectivity index (χ3v) is 6.74. The van der Waals surface area contributed by atoms with E-state index in [1.165, 1.54) is 28.8 Å². The maximum atomic E-state index is 12.0. The maximum absolute atomic E-state index is 12.0. The van der Waals surface area contributed by atoms with E-state index >= 15 is 0 Å². The first kappa shape index (κ1) is 22.2. The normalized spacial score (nSPS) is 11.7. The lowest BCUT2D eigenvalue weighted by Crippen LogP contribution is -2.34. The smallest absolute Gasteiger partial charge is 0.211 e. The second kappa shape index (κ2) is 9.89. The Hall–Kier alpha value is -1.12. The standard InChI is InChI=1S/C18H21Cl2NO4S2/c1-13(22)18-6-5-17(26-18)4-3-7-21(27(2,23)24)8-9-25-16-11-14(19)10-15(20)12-16/h5-6,10-12H,3-4,7-9H2,1-2H3. The van der Waals surface area contributed by atoms with Crippen molar-refractivity contribution in [3.63, 3.8) is 0 Å². The highest BCUT2D eigenvalue weighted by Gasteiger charge is 2.16. The van der Waals surface area contributed by atoms with E-state index in [4.69, 9.17) is 27.9 Å². The number of rotatable bonds is 10. The number of nitrogens with zero attached hydrogens (tertiary/aromatic N) is 1. The molecule has 0 spiro atoms. The van der Waals surface area contributed by atoms with E-state index in [9.17, 15) is 13.2 Å². The van der Waals surface area contributed by atoms with Gasteiger partial charge in [-0.1, -0.05) is 23.2 Å². The molecule has 0 aliphatic rings. The van der Waals surface area contributed by atoms with Gasteiger partial charge in [-0.15, -0.1) is 11.3 Å². The molecule has 0 amide bonds. The lowest BCUT2D eigenvalue weighted by Gasteiger charge is -2.20. The van der Waals surface area contributed by atoms with Gasteiger partial charge in [-0.25, -0.2) is 8.42 Å². The van der Waals surface area contributed by atoms with E-state index in [1.54, 1.807) is 24.3 Å². The van der Waals surface area contributed by atoms with Crippen LogP contribution >= 0.6 is 34.5 Å². The summed E-state index contributed by atoms with van der Waals surface area (Å²) < 4.78 is 31.0. The Kier molecular flexibility index (Phi) is 8.12. The highest BCUT2D eigenvalue weighted by molar-refractivity contribution is 7.88. The highest BCUT2D eigenvalue weighted by atomic mass is 35.5. The molecule has 0 aliphatic carbocycles. The van der Waals surface area contributed by atoms with Crippen LogP contribution in [0.1, 0.15) is 27.9 Å². The van der Waals surface area contributed by atoms with Gasteiger partial charge in [-0.3, -0.25) is 4.79 Å². The molecule has 9 heteroatoms. The first-order valence-electron chi connectivity index (χ1n) is 8.29. The van der Waals surface area contributed by atoms with Crippen molar-refractivity contribution in [2.45, 2.75) is 19.8 Å². The van der Waals surface area contributed by atoms with Gasteiger partial charge >= 0.3 is 0 Å². The number of ether oxygens (including phenoxy) is 1. The summed E-state index contributed by atoms with van der Waals surface area (Å²) in [5.41, 5.74) is 0. The summed E-state index contributed by atoms with van der Waals surface area (Å²) in [5, 5.41) is 0.914. The van der Waals surface area contributed by atoms with Crippen LogP contribution in [0.4, 0.5) is 0 Å². The summed E-state index contributed by atoms with van der Waals surface area (Å²) in [4.78, 5) is 13.1. The summed E-state index contributed by atoms with van der Waals surface area (Å²) in [5.74, 6) is 0.540. The van der Waals surface area contributed by atoms with Crippen molar-refractivity contribution in [2.24, 2.45) is 0 Å². The maximum Gasteiger partial charge on any atom is 0.211 e.